The lowest BCUT2D eigenvalue weighted by Crippen LogP contribution is -1.77. The molecule has 0 aliphatic rings. The van der Waals surface area contributed by atoms with Crippen LogP contribution < -0.4 is 0 Å². The van der Waals surface area contributed by atoms with Crippen molar-refractivity contribution in [2.75, 3.05) is 6.67 Å². The summed E-state index contributed by atoms with van der Waals surface area (Å²) in [6.45, 7) is 13.3. The molecule has 0 bridgehead atoms. The third-order valence-corrected chi connectivity index (χ3v) is 1.23. The fourth-order valence-electron chi connectivity index (χ4n) is 0.445. The predicted octanol–water partition coefficient (Wildman–Crippen LogP) is 3.67. The summed E-state index contributed by atoms with van der Waals surface area (Å²) in [6, 6.07) is 0. The zero-order chi connectivity index (χ0) is 9.28. The van der Waals surface area contributed by atoms with Crippen molar-refractivity contribution < 1.29 is 4.39 Å². The molecule has 0 radical (unpaired) electrons. The number of allylic oxidation sites excluding steroid dienone is 3. The highest BCUT2D eigenvalue weighted by atomic mass is 19.1. The molecule has 11 heavy (non-hydrogen) atoms. The highest BCUT2D eigenvalue weighted by Gasteiger charge is 1.86. The molecule has 0 saturated carbocycles. The van der Waals surface area contributed by atoms with Crippen LogP contribution in [0, 0.1) is 0 Å². The van der Waals surface area contributed by atoms with E-state index in [1.54, 1.807) is 0 Å². The molecule has 1 heteroatoms. The largest absolute Gasteiger partial charge is 0.251 e. The summed E-state index contributed by atoms with van der Waals surface area (Å²) in [5, 5.41) is 0. The van der Waals surface area contributed by atoms with Gasteiger partial charge in [0.05, 0.1) is 6.67 Å². The minimum Gasteiger partial charge on any atom is -0.251 e. The van der Waals surface area contributed by atoms with Crippen molar-refractivity contribution in [1.29, 1.82) is 0 Å². The van der Waals surface area contributed by atoms with Crippen LogP contribution in [0.15, 0.2) is 37.0 Å². The minimum atomic E-state index is -0.273. The second kappa shape index (κ2) is 9.15. The molecule has 0 aromatic heterocycles. The molecule has 0 N–H and O–H groups in total. The van der Waals surface area contributed by atoms with E-state index in [4.69, 9.17) is 0 Å². The Kier molecular flexibility index (Phi) is 10.6. The smallest absolute Gasteiger partial charge is 0.0929 e. The quantitative estimate of drug-likeness (QED) is 0.432. The van der Waals surface area contributed by atoms with Gasteiger partial charge in [0.25, 0.3) is 0 Å². The Morgan fingerprint density at radius 2 is 1.82 bits per heavy atom. The highest BCUT2D eigenvalue weighted by Crippen LogP contribution is 2.05. The van der Waals surface area contributed by atoms with Crippen molar-refractivity contribution >= 4 is 0 Å². The van der Waals surface area contributed by atoms with E-state index in [1.165, 1.54) is 0 Å². The maximum atomic E-state index is 11.5. The van der Waals surface area contributed by atoms with Crippen LogP contribution in [0.25, 0.3) is 0 Å². The lowest BCUT2D eigenvalue weighted by molar-refractivity contribution is 0.500. The number of hydrogen-bond donors (Lipinski definition) is 0. The van der Waals surface area contributed by atoms with Crippen LogP contribution in [0.3, 0.4) is 0 Å². The van der Waals surface area contributed by atoms with Gasteiger partial charge in [-0.15, -0.1) is 13.2 Å². The zero-order valence-corrected chi connectivity index (χ0v) is 7.49. The molecular formula is C10H17F. The Morgan fingerprint density at radius 1 is 1.36 bits per heavy atom. The van der Waals surface area contributed by atoms with Gasteiger partial charge in [0.1, 0.15) is 0 Å². The van der Waals surface area contributed by atoms with Crippen molar-refractivity contribution in [1.82, 2.24) is 0 Å². The van der Waals surface area contributed by atoms with Crippen molar-refractivity contribution in [3.8, 4) is 0 Å². The van der Waals surface area contributed by atoms with Gasteiger partial charge in [-0.05, 0) is 20.3 Å². The standard InChI is InChI=1S/C8H13F.C2H4/c1-7(2)8(3)5-4-6-9;1-2/h5H,1,4,6H2,2-3H3;1-2H2/b8-5-;. The third kappa shape index (κ3) is 9.15. The van der Waals surface area contributed by atoms with Gasteiger partial charge in [-0.2, -0.15) is 0 Å². The highest BCUT2D eigenvalue weighted by molar-refractivity contribution is 5.23. The Hall–Kier alpha value is -0.850. The van der Waals surface area contributed by atoms with Gasteiger partial charge in [-0.3, -0.25) is 4.39 Å². The number of alkyl halides is 1. The molecule has 64 valence electrons. The van der Waals surface area contributed by atoms with E-state index < -0.39 is 0 Å². The van der Waals surface area contributed by atoms with Crippen LogP contribution in [0.2, 0.25) is 0 Å². The molecule has 0 spiro atoms. The minimum absolute atomic E-state index is 0.273. The second-order valence-electron chi connectivity index (χ2n) is 2.15. The fraction of sp³-hybridized carbons (Fsp3) is 0.400. The lowest BCUT2D eigenvalue weighted by atomic mass is 10.1. The number of rotatable bonds is 3. The third-order valence-electron chi connectivity index (χ3n) is 1.23. The second-order valence-corrected chi connectivity index (χ2v) is 2.15. The predicted molar refractivity (Wildman–Crippen MR) is 50.4 cm³/mol. The Balaban J connectivity index is 0. The van der Waals surface area contributed by atoms with E-state index in [0.717, 1.165) is 11.1 Å². The average Bonchev–Trinajstić information content (AvgIpc) is 2.03. The molecule has 0 fully saturated rings. The summed E-state index contributed by atoms with van der Waals surface area (Å²) >= 11 is 0. The Morgan fingerprint density at radius 3 is 2.09 bits per heavy atom. The van der Waals surface area contributed by atoms with Crippen LogP contribution >= 0.6 is 0 Å². The zero-order valence-electron chi connectivity index (χ0n) is 7.49. The topological polar surface area (TPSA) is 0 Å². The summed E-state index contributed by atoms with van der Waals surface area (Å²) in [4.78, 5) is 0. The molecule has 0 atom stereocenters. The molecule has 0 unspecified atom stereocenters. The first-order valence-electron chi connectivity index (χ1n) is 3.57. The van der Waals surface area contributed by atoms with Crippen LogP contribution in [-0.2, 0) is 0 Å². The van der Waals surface area contributed by atoms with Crippen LogP contribution in [0.5, 0.6) is 0 Å². The molecule has 0 amide bonds. The van der Waals surface area contributed by atoms with Gasteiger partial charge in [-0.25, -0.2) is 0 Å². The van der Waals surface area contributed by atoms with E-state index in [9.17, 15) is 4.39 Å². The Bertz CT molecular complexity index is 134. The fourth-order valence-corrected chi connectivity index (χ4v) is 0.445. The molecule has 0 aliphatic heterocycles. The lowest BCUT2D eigenvalue weighted by Gasteiger charge is -1.95. The van der Waals surface area contributed by atoms with Crippen molar-refractivity contribution in [3.63, 3.8) is 0 Å². The number of hydrogen-bond acceptors (Lipinski definition) is 0. The maximum absolute atomic E-state index is 11.5. The molecule has 0 aromatic rings. The monoisotopic (exact) mass is 156 g/mol. The SMILES string of the molecule is C=C.C=C(C)/C(C)=C\CCF. The summed E-state index contributed by atoms with van der Waals surface area (Å²) in [6.07, 6.45) is 2.38. The van der Waals surface area contributed by atoms with E-state index in [2.05, 4.69) is 19.7 Å². The van der Waals surface area contributed by atoms with Gasteiger partial charge < -0.3 is 0 Å². The summed E-state index contributed by atoms with van der Waals surface area (Å²) in [5.74, 6) is 0. The molecule has 0 nitrogen and oxygen atoms in total. The van der Waals surface area contributed by atoms with Gasteiger partial charge in [0, 0.05) is 0 Å². The van der Waals surface area contributed by atoms with Gasteiger partial charge in [-0.1, -0.05) is 23.8 Å². The molecular weight excluding hydrogens is 139 g/mol. The van der Waals surface area contributed by atoms with E-state index >= 15 is 0 Å². The number of halogens is 1. The van der Waals surface area contributed by atoms with E-state index in [0.29, 0.717) is 6.42 Å². The van der Waals surface area contributed by atoms with E-state index in [-0.39, 0.29) is 6.67 Å². The van der Waals surface area contributed by atoms with Gasteiger partial charge in [0.15, 0.2) is 0 Å². The normalized spacial score (nSPS) is 9.91. The maximum Gasteiger partial charge on any atom is 0.0929 e. The summed E-state index contributed by atoms with van der Waals surface area (Å²) in [7, 11) is 0. The summed E-state index contributed by atoms with van der Waals surface area (Å²) < 4.78 is 11.5. The van der Waals surface area contributed by atoms with Crippen LogP contribution in [-0.4, -0.2) is 6.67 Å². The van der Waals surface area contributed by atoms with Crippen LogP contribution in [0.4, 0.5) is 4.39 Å². The first kappa shape index (κ1) is 12.8. The Labute approximate surface area is 69.1 Å². The molecule has 0 aromatic carbocycles. The van der Waals surface area contributed by atoms with Gasteiger partial charge in [0.2, 0.25) is 0 Å². The van der Waals surface area contributed by atoms with Crippen molar-refractivity contribution in [2.24, 2.45) is 0 Å². The van der Waals surface area contributed by atoms with Crippen molar-refractivity contribution in [3.05, 3.63) is 37.0 Å². The van der Waals surface area contributed by atoms with Crippen molar-refractivity contribution in [2.45, 2.75) is 20.3 Å². The average molecular weight is 156 g/mol. The summed E-state index contributed by atoms with van der Waals surface area (Å²) in [5.41, 5.74) is 2.11. The van der Waals surface area contributed by atoms with E-state index in [1.807, 2.05) is 19.9 Å². The molecule has 0 rings (SSSR count). The first-order chi connectivity index (χ1) is 5.18. The first-order valence-corrected chi connectivity index (χ1v) is 3.57. The molecule has 0 heterocycles. The molecule has 0 aliphatic carbocycles. The van der Waals surface area contributed by atoms with Gasteiger partial charge >= 0.3 is 0 Å². The van der Waals surface area contributed by atoms with Crippen LogP contribution in [0.1, 0.15) is 20.3 Å². The molecule has 0 saturated heterocycles.